The minimum absolute atomic E-state index is 0.234. The molecule has 1 aromatic carbocycles. The van der Waals surface area contributed by atoms with E-state index < -0.39 is 16.0 Å². The molecular formula is C12H16ClNO4S. The molecule has 0 aromatic heterocycles. The fourth-order valence-electron chi connectivity index (χ4n) is 1.20. The smallest absolute Gasteiger partial charge is 0.265 e. The predicted molar refractivity (Wildman–Crippen MR) is 75.7 cm³/mol. The Balaban J connectivity index is 0.000000555. The van der Waals surface area contributed by atoms with Gasteiger partial charge in [0.2, 0.25) is 5.91 Å². The quantitative estimate of drug-likeness (QED) is 0.656. The van der Waals surface area contributed by atoms with E-state index >= 15 is 0 Å². The third-order valence-corrected chi connectivity index (χ3v) is 3.27. The highest BCUT2D eigenvalue weighted by molar-refractivity contribution is 7.85. The molecule has 1 aromatic rings. The molecular weight excluding hydrogens is 290 g/mol. The van der Waals surface area contributed by atoms with Gasteiger partial charge in [-0.2, -0.15) is 8.42 Å². The topological polar surface area (TPSA) is 97.5 Å². The number of primary amides is 1. The van der Waals surface area contributed by atoms with Gasteiger partial charge in [-0.05, 0) is 29.7 Å². The molecule has 0 radical (unpaired) electrons. The zero-order valence-corrected chi connectivity index (χ0v) is 12.0. The molecule has 1 rings (SSSR count). The number of rotatable bonds is 4. The van der Waals surface area contributed by atoms with E-state index in [-0.39, 0.29) is 11.7 Å². The first-order valence-electron chi connectivity index (χ1n) is 5.28. The van der Waals surface area contributed by atoms with Gasteiger partial charge in [0.15, 0.2) is 0 Å². The molecule has 0 aliphatic rings. The van der Waals surface area contributed by atoms with Crippen LogP contribution in [0.15, 0.2) is 36.9 Å². The summed E-state index contributed by atoms with van der Waals surface area (Å²) in [6.07, 6.45) is 1.06. The van der Waals surface area contributed by atoms with Crippen LogP contribution in [-0.4, -0.2) is 24.6 Å². The van der Waals surface area contributed by atoms with Crippen LogP contribution in [0.1, 0.15) is 18.4 Å². The van der Waals surface area contributed by atoms with Crippen LogP contribution < -0.4 is 5.73 Å². The maximum atomic E-state index is 10.6. The molecule has 1 amide bonds. The Morgan fingerprint density at radius 2 is 1.89 bits per heavy atom. The molecule has 0 bridgehead atoms. The van der Waals surface area contributed by atoms with Crippen LogP contribution >= 0.6 is 11.6 Å². The fourth-order valence-corrected chi connectivity index (χ4v) is 2.15. The molecule has 5 nitrogen and oxygen atoms in total. The van der Waals surface area contributed by atoms with E-state index in [1.165, 1.54) is 0 Å². The summed E-state index contributed by atoms with van der Waals surface area (Å²) in [6.45, 7) is 4.82. The van der Waals surface area contributed by atoms with Gasteiger partial charge in [0.05, 0.1) is 5.75 Å². The van der Waals surface area contributed by atoms with Crippen LogP contribution in [0.25, 0.3) is 0 Å². The van der Waals surface area contributed by atoms with Crippen molar-refractivity contribution in [3.63, 3.8) is 0 Å². The number of nitrogens with two attached hydrogens (primary N) is 1. The maximum Gasteiger partial charge on any atom is 0.265 e. The Bertz CT molecular complexity index is 525. The van der Waals surface area contributed by atoms with Gasteiger partial charge in [0, 0.05) is 5.02 Å². The summed E-state index contributed by atoms with van der Waals surface area (Å²) in [4.78, 5) is 9.47. The summed E-state index contributed by atoms with van der Waals surface area (Å²) in [5, 5.41) is 0.604. The van der Waals surface area contributed by atoms with Gasteiger partial charge in [0.1, 0.15) is 0 Å². The maximum absolute atomic E-state index is 10.6. The summed E-state index contributed by atoms with van der Waals surface area (Å²) in [5.41, 5.74) is 5.37. The molecule has 0 saturated heterocycles. The number of carbonyl (C=O) groups excluding carboxylic acids is 1. The third-order valence-electron chi connectivity index (χ3n) is 2.10. The average molecular weight is 306 g/mol. The summed E-state index contributed by atoms with van der Waals surface area (Å²) < 4.78 is 29.9. The van der Waals surface area contributed by atoms with Gasteiger partial charge in [-0.15, -0.1) is 0 Å². The van der Waals surface area contributed by atoms with Crippen molar-refractivity contribution in [3.8, 4) is 0 Å². The van der Waals surface area contributed by atoms with Crippen molar-refractivity contribution in [1.29, 1.82) is 0 Å². The summed E-state index contributed by atoms with van der Waals surface area (Å²) >= 11 is 5.68. The molecule has 1 atom stereocenters. The van der Waals surface area contributed by atoms with Gasteiger partial charge in [0.25, 0.3) is 10.1 Å². The second-order valence-corrected chi connectivity index (χ2v) is 5.74. The Morgan fingerprint density at radius 1 is 1.47 bits per heavy atom. The molecule has 1 unspecified atom stereocenters. The van der Waals surface area contributed by atoms with Gasteiger partial charge < -0.3 is 5.73 Å². The normalized spacial score (nSPS) is 11.9. The first-order chi connectivity index (χ1) is 8.65. The molecule has 0 saturated carbocycles. The zero-order chi connectivity index (χ0) is 15.1. The Labute approximate surface area is 117 Å². The Morgan fingerprint density at radius 3 is 2.21 bits per heavy atom. The van der Waals surface area contributed by atoms with E-state index in [1.54, 1.807) is 31.2 Å². The minimum atomic E-state index is -3.91. The lowest BCUT2D eigenvalue weighted by Crippen LogP contribution is -2.10. The number of amides is 1. The van der Waals surface area contributed by atoms with Crippen molar-refractivity contribution < 1.29 is 17.8 Å². The van der Waals surface area contributed by atoms with Crippen LogP contribution in [0.4, 0.5) is 0 Å². The van der Waals surface area contributed by atoms with Crippen LogP contribution in [0, 0.1) is 0 Å². The molecule has 19 heavy (non-hydrogen) atoms. The number of hydrogen-bond acceptors (Lipinski definition) is 3. The monoisotopic (exact) mass is 305 g/mol. The standard InChI is InChI=1S/C9H11ClO3S.C3H5NO/c1-7(6-14(11,12)13)8-2-4-9(10)5-3-8;1-2-3(4)5/h2-5,7H,6H2,1H3,(H,11,12,13);2H,1H2,(H2,4,5). The summed E-state index contributed by atoms with van der Waals surface area (Å²) in [5.74, 6) is -0.985. The van der Waals surface area contributed by atoms with Crippen molar-refractivity contribution in [1.82, 2.24) is 0 Å². The molecule has 0 aliphatic heterocycles. The second-order valence-electron chi connectivity index (χ2n) is 3.81. The first-order valence-corrected chi connectivity index (χ1v) is 7.27. The molecule has 7 heteroatoms. The van der Waals surface area contributed by atoms with E-state index in [0.29, 0.717) is 5.02 Å². The SMILES string of the molecule is C=CC(N)=O.CC(CS(=O)(=O)O)c1ccc(Cl)cc1. The van der Waals surface area contributed by atoms with Gasteiger partial charge in [-0.3, -0.25) is 9.35 Å². The largest absolute Gasteiger partial charge is 0.366 e. The summed E-state index contributed by atoms with van der Waals surface area (Å²) in [6, 6.07) is 6.88. The predicted octanol–water partition coefficient (Wildman–Crippen LogP) is 1.99. The van der Waals surface area contributed by atoms with Gasteiger partial charge in [-0.1, -0.05) is 37.2 Å². The van der Waals surface area contributed by atoms with Crippen LogP contribution in [0.3, 0.4) is 0 Å². The third kappa shape index (κ3) is 9.24. The van der Waals surface area contributed by atoms with E-state index in [9.17, 15) is 13.2 Å². The molecule has 0 spiro atoms. The van der Waals surface area contributed by atoms with Crippen molar-refractivity contribution >= 4 is 27.6 Å². The van der Waals surface area contributed by atoms with Crippen LogP contribution in [-0.2, 0) is 14.9 Å². The number of halogens is 1. The lowest BCUT2D eigenvalue weighted by Gasteiger charge is -2.09. The van der Waals surface area contributed by atoms with E-state index in [1.807, 2.05) is 0 Å². The molecule has 0 heterocycles. The Hall–Kier alpha value is -1.37. The van der Waals surface area contributed by atoms with Crippen molar-refractivity contribution in [2.45, 2.75) is 12.8 Å². The second kappa shape index (κ2) is 7.93. The van der Waals surface area contributed by atoms with Crippen molar-refractivity contribution in [3.05, 3.63) is 47.5 Å². The minimum Gasteiger partial charge on any atom is -0.366 e. The highest BCUT2D eigenvalue weighted by Crippen LogP contribution is 2.19. The van der Waals surface area contributed by atoms with Crippen molar-refractivity contribution in [2.24, 2.45) is 5.73 Å². The van der Waals surface area contributed by atoms with E-state index in [4.69, 9.17) is 16.2 Å². The highest BCUT2D eigenvalue weighted by Gasteiger charge is 2.13. The first kappa shape index (κ1) is 17.6. The molecule has 106 valence electrons. The van der Waals surface area contributed by atoms with Crippen molar-refractivity contribution in [2.75, 3.05) is 5.75 Å². The Kier molecular flexibility index (Phi) is 7.36. The van der Waals surface area contributed by atoms with E-state index in [0.717, 1.165) is 11.6 Å². The van der Waals surface area contributed by atoms with Gasteiger partial charge in [-0.25, -0.2) is 0 Å². The van der Waals surface area contributed by atoms with Crippen LogP contribution in [0.2, 0.25) is 5.02 Å². The number of benzene rings is 1. The number of hydrogen-bond donors (Lipinski definition) is 2. The molecule has 3 N–H and O–H groups in total. The summed E-state index contributed by atoms with van der Waals surface area (Å²) in [7, 11) is -3.91. The zero-order valence-electron chi connectivity index (χ0n) is 10.4. The van der Waals surface area contributed by atoms with Gasteiger partial charge >= 0.3 is 0 Å². The molecule has 0 aliphatic carbocycles. The fraction of sp³-hybridized carbons (Fsp3) is 0.250. The van der Waals surface area contributed by atoms with Crippen LogP contribution in [0.5, 0.6) is 0 Å². The number of carbonyl (C=O) groups is 1. The van der Waals surface area contributed by atoms with E-state index in [2.05, 4.69) is 12.3 Å². The lowest BCUT2D eigenvalue weighted by molar-refractivity contribution is -0.113. The average Bonchev–Trinajstić information content (AvgIpc) is 2.28. The molecule has 0 fully saturated rings. The lowest BCUT2D eigenvalue weighted by atomic mass is 10.0. The highest BCUT2D eigenvalue weighted by atomic mass is 35.5.